The minimum absolute atomic E-state index is 0.0155. The van der Waals surface area contributed by atoms with Gasteiger partial charge in [0.15, 0.2) is 0 Å². The van der Waals surface area contributed by atoms with E-state index in [1.54, 1.807) is 0 Å². The third-order valence-corrected chi connectivity index (χ3v) is 4.51. The van der Waals surface area contributed by atoms with Crippen molar-refractivity contribution in [3.8, 4) is 0 Å². The molecule has 0 radical (unpaired) electrons. The highest BCUT2D eigenvalue weighted by molar-refractivity contribution is 4.97. The van der Waals surface area contributed by atoms with Gasteiger partial charge in [-0.15, -0.1) is 0 Å². The molecule has 3 heterocycles. The van der Waals surface area contributed by atoms with Crippen molar-refractivity contribution in [1.29, 1.82) is 0 Å². The summed E-state index contributed by atoms with van der Waals surface area (Å²) < 4.78 is 11.2. The van der Waals surface area contributed by atoms with Crippen LogP contribution >= 0.6 is 0 Å². The molecule has 0 spiro atoms. The minimum Gasteiger partial charge on any atom is -0.367 e. The van der Waals surface area contributed by atoms with E-state index in [4.69, 9.17) is 9.26 Å². The van der Waals surface area contributed by atoms with E-state index in [2.05, 4.69) is 20.4 Å². The highest BCUT2D eigenvalue weighted by Gasteiger charge is 2.34. The fourth-order valence-electron chi connectivity index (χ4n) is 3.14. The van der Waals surface area contributed by atoms with Gasteiger partial charge in [0.25, 0.3) is 0 Å². The van der Waals surface area contributed by atoms with Crippen molar-refractivity contribution < 1.29 is 9.26 Å². The van der Waals surface area contributed by atoms with Crippen molar-refractivity contribution in [2.75, 3.05) is 26.2 Å². The first kappa shape index (κ1) is 12.7. The van der Waals surface area contributed by atoms with E-state index in [1.165, 1.54) is 32.2 Å². The summed E-state index contributed by atoms with van der Waals surface area (Å²) in [6, 6.07) is 1.34. The standard InChI is InChI=1S/C14H22N4O2/c1-2-11-9-19-12(8-18(11)7-1)14-16-13(20-17-14)5-6-15-10-3-4-10/h10-12,15H,1-9H2. The summed E-state index contributed by atoms with van der Waals surface area (Å²) in [6.07, 6.45) is 5.95. The predicted octanol–water partition coefficient (Wildman–Crippen LogP) is 0.900. The van der Waals surface area contributed by atoms with Crippen LogP contribution in [0.5, 0.6) is 0 Å². The molecule has 20 heavy (non-hydrogen) atoms. The van der Waals surface area contributed by atoms with Crippen LogP contribution in [0.4, 0.5) is 0 Å². The van der Waals surface area contributed by atoms with Crippen molar-refractivity contribution in [1.82, 2.24) is 20.4 Å². The Morgan fingerprint density at radius 3 is 3.15 bits per heavy atom. The number of morpholine rings is 1. The van der Waals surface area contributed by atoms with Crippen molar-refractivity contribution >= 4 is 0 Å². The maximum absolute atomic E-state index is 5.90. The number of fused-ring (bicyclic) bond motifs is 1. The second-order valence-corrected chi connectivity index (χ2v) is 6.14. The minimum atomic E-state index is -0.0155. The summed E-state index contributed by atoms with van der Waals surface area (Å²) in [5, 5.41) is 7.56. The van der Waals surface area contributed by atoms with Gasteiger partial charge in [0.05, 0.1) is 6.61 Å². The molecule has 0 bridgehead atoms. The maximum Gasteiger partial charge on any atom is 0.228 e. The number of ether oxygens (including phenoxy) is 1. The van der Waals surface area contributed by atoms with Gasteiger partial charge in [-0.3, -0.25) is 4.90 Å². The Labute approximate surface area is 118 Å². The lowest BCUT2D eigenvalue weighted by Crippen LogP contribution is -2.42. The van der Waals surface area contributed by atoms with E-state index in [-0.39, 0.29) is 6.10 Å². The summed E-state index contributed by atoms with van der Waals surface area (Å²) in [7, 11) is 0. The molecule has 3 fully saturated rings. The van der Waals surface area contributed by atoms with Crippen LogP contribution in [0.25, 0.3) is 0 Å². The van der Waals surface area contributed by atoms with Crippen LogP contribution in [-0.4, -0.2) is 53.4 Å². The van der Waals surface area contributed by atoms with Crippen LogP contribution in [-0.2, 0) is 11.2 Å². The highest BCUT2D eigenvalue weighted by Crippen LogP contribution is 2.28. The molecule has 4 rings (SSSR count). The third kappa shape index (κ3) is 2.73. The van der Waals surface area contributed by atoms with Crippen LogP contribution in [0.1, 0.15) is 43.5 Å². The zero-order chi connectivity index (χ0) is 13.4. The molecule has 1 aliphatic carbocycles. The maximum atomic E-state index is 5.90. The molecule has 1 N–H and O–H groups in total. The second kappa shape index (κ2) is 5.42. The van der Waals surface area contributed by atoms with E-state index in [9.17, 15) is 0 Å². The Morgan fingerprint density at radius 2 is 2.25 bits per heavy atom. The lowest BCUT2D eigenvalue weighted by atomic mass is 10.2. The molecule has 6 nitrogen and oxygen atoms in total. The molecule has 110 valence electrons. The van der Waals surface area contributed by atoms with Crippen LogP contribution in [0.3, 0.4) is 0 Å². The van der Waals surface area contributed by atoms with E-state index in [0.717, 1.165) is 43.9 Å². The Kier molecular flexibility index (Phi) is 3.45. The summed E-state index contributed by atoms with van der Waals surface area (Å²) in [5.41, 5.74) is 0. The quantitative estimate of drug-likeness (QED) is 0.863. The predicted molar refractivity (Wildman–Crippen MR) is 72.3 cm³/mol. The molecule has 2 saturated heterocycles. The average Bonchev–Trinajstić information content (AvgIpc) is 2.99. The van der Waals surface area contributed by atoms with Crippen LogP contribution in [0.2, 0.25) is 0 Å². The van der Waals surface area contributed by atoms with E-state index in [1.807, 2.05) is 0 Å². The number of hydrogen-bond acceptors (Lipinski definition) is 6. The first-order chi connectivity index (χ1) is 9.88. The monoisotopic (exact) mass is 278 g/mol. The smallest absolute Gasteiger partial charge is 0.228 e. The molecule has 3 aliphatic rings. The molecule has 1 aromatic heterocycles. The zero-order valence-electron chi connectivity index (χ0n) is 11.8. The van der Waals surface area contributed by atoms with Gasteiger partial charge < -0.3 is 14.6 Å². The van der Waals surface area contributed by atoms with E-state index in [0.29, 0.717) is 6.04 Å². The number of nitrogens with zero attached hydrogens (tertiary/aromatic N) is 3. The lowest BCUT2D eigenvalue weighted by Gasteiger charge is -2.33. The van der Waals surface area contributed by atoms with Crippen molar-refractivity contribution in [2.45, 2.75) is 50.3 Å². The van der Waals surface area contributed by atoms with Gasteiger partial charge in [-0.05, 0) is 32.2 Å². The van der Waals surface area contributed by atoms with Gasteiger partial charge in [0, 0.05) is 31.6 Å². The Morgan fingerprint density at radius 1 is 1.30 bits per heavy atom. The fourth-order valence-corrected chi connectivity index (χ4v) is 3.14. The summed E-state index contributed by atoms with van der Waals surface area (Å²) in [6.45, 7) is 3.81. The summed E-state index contributed by atoms with van der Waals surface area (Å²) in [5.74, 6) is 1.44. The average molecular weight is 278 g/mol. The molecule has 2 aliphatic heterocycles. The second-order valence-electron chi connectivity index (χ2n) is 6.14. The molecule has 1 saturated carbocycles. The van der Waals surface area contributed by atoms with Crippen LogP contribution in [0, 0.1) is 0 Å². The molecule has 6 heteroatoms. The van der Waals surface area contributed by atoms with Crippen molar-refractivity contribution in [3.05, 3.63) is 11.7 Å². The molecule has 0 aromatic carbocycles. The fraction of sp³-hybridized carbons (Fsp3) is 0.857. The lowest BCUT2D eigenvalue weighted by molar-refractivity contribution is -0.0548. The number of aromatic nitrogens is 2. The topological polar surface area (TPSA) is 63.4 Å². The zero-order valence-corrected chi connectivity index (χ0v) is 11.8. The van der Waals surface area contributed by atoms with Crippen LogP contribution < -0.4 is 5.32 Å². The Bertz CT molecular complexity index is 460. The van der Waals surface area contributed by atoms with Gasteiger partial charge in [-0.25, -0.2) is 0 Å². The van der Waals surface area contributed by atoms with Gasteiger partial charge >= 0.3 is 0 Å². The number of rotatable bonds is 5. The number of hydrogen-bond donors (Lipinski definition) is 1. The molecule has 2 unspecified atom stereocenters. The normalized spacial score (nSPS) is 30.6. The molecular formula is C14H22N4O2. The summed E-state index contributed by atoms with van der Waals surface area (Å²) >= 11 is 0. The SMILES string of the molecule is C1CC2COC(c3noc(CCNC4CC4)n3)CN2C1. The molecule has 0 amide bonds. The number of nitrogens with one attached hydrogen (secondary N) is 1. The Hall–Kier alpha value is -0.980. The van der Waals surface area contributed by atoms with Crippen molar-refractivity contribution in [3.63, 3.8) is 0 Å². The van der Waals surface area contributed by atoms with Crippen LogP contribution in [0.15, 0.2) is 4.52 Å². The largest absolute Gasteiger partial charge is 0.367 e. The third-order valence-electron chi connectivity index (χ3n) is 4.51. The van der Waals surface area contributed by atoms with Gasteiger partial charge in [-0.1, -0.05) is 5.16 Å². The highest BCUT2D eigenvalue weighted by atomic mass is 16.5. The van der Waals surface area contributed by atoms with E-state index >= 15 is 0 Å². The van der Waals surface area contributed by atoms with E-state index < -0.39 is 0 Å². The van der Waals surface area contributed by atoms with Gasteiger partial charge in [0.1, 0.15) is 6.10 Å². The Balaban J connectivity index is 1.32. The molecule has 1 aromatic rings. The van der Waals surface area contributed by atoms with Gasteiger partial charge in [0.2, 0.25) is 11.7 Å². The summed E-state index contributed by atoms with van der Waals surface area (Å²) in [4.78, 5) is 6.99. The van der Waals surface area contributed by atoms with Gasteiger partial charge in [-0.2, -0.15) is 4.98 Å². The molecule has 2 atom stereocenters. The molecular weight excluding hydrogens is 256 g/mol. The van der Waals surface area contributed by atoms with Crippen molar-refractivity contribution in [2.24, 2.45) is 0 Å². The first-order valence-electron chi connectivity index (χ1n) is 7.80. The first-order valence-corrected chi connectivity index (χ1v) is 7.80.